The van der Waals surface area contributed by atoms with Crippen LogP contribution < -0.4 is 17.0 Å². The van der Waals surface area contributed by atoms with Crippen molar-refractivity contribution < 1.29 is 31.1 Å². The molecular formula is C19H27BrN2O2. The van der Waals surface area contributed by atoms with Gasteiger partial charge in [-0.3, -0.25) is 14.5 Å². The average molecular weight is 395 g/mol. The molecule has 1 unspecified atom stereocenters. The van der Waals surface area contributed by atoms with Crippen molar-refractivity contribution in [3.63, 3.8) is 0 Å². The van der Waals surface area contributed by atoms with Crippen molar-refractivity contribution in [3.05, 3.63) is 47.5 Å². The van der Waals surface area contributed by atoms with Crippen molar-refractivity contribution in [1.82, 2.24) is 4.90 Å². The van der Waals surface area contributed by atoms with Gasteiger partial charge in [-0.05, 0) is 33.3 Å². The van der Waals surface area contributed by atoms with Crippen LogP contribution in [0.15, 0.2) is 36.4 Å². The van der Waals surface area contributed by atoms with E-state index in [9.17, 15) is 9.59 Å². The highest BCUT2D eigenvalue weighted by atomic mass is 79.9. The van der Waals surface area contributed by atoms with Gasteiger partial charge in [0.2, 0.25) is 0 Å². The van der Waals surface area contributed by atoms with Gasteiger partial charge in [-0.1, -0.05) is 24.3 Å². The highest BCUT2D eigenvalue weighted by Gasteiger charge is 2.30. The number of quaternary nitrogens is 1. The minimum Gasteiger partial charge on any atom is -1.00 e. The first-order valence-electron chi connectivity index (χ1n) is 8.45. The fourth-order valence-corrected chi connectivity index (χ4v) is 3.48. The minimum atomic E-state index is -0.230. The van der Waals surface area contributed by atoms with Gasteiger partial charge in [0.1, 0.15) is 6.04 Å². The molecule has 1 atom stereocenters. The van der Waals surface area contributed by atoms with Crippen molar-refractivity contribution in [1.29, 1.82) is 0 Å². The maximum Gasteiger partial charge on any atom is 0.253 e. The number of carbonyl (C=O) groups is 2. The largest absolute Gasteiger partial charge is 1.00 e. The van der Waals surface area contributed by atoms with Crippen LogP contribution in [0.4, 0.5) is 0 Å². The molecule has 0 N–H and O–H groups in total. The SMILES string of the molecule is CC[N+](CC)(CC)C(C)c1ccc(CN2C(=O)C=CC2=O)cc1.[Br-]. The van der Waals surface area contributed by atoms with Crippen LogP contribution in [-0.4, -0.2) is 40.8 Å². The van der Waals surface area contributed by atoms with E-state index in [2.05, 4.69) is 39.8 Å². The van der Waals surface area contributed by atoms with Gasteiger partial charge in [0.25, 0.3) is 11.8 Å². The van der Waals surface area contributed by atoms with Crippen molar-refractivity contribution in [3.8, 4) is 0 Å². The summed E-state index contributed by atoms with van der Waals surface area (Å²) < 4.78 is 1.06. The Bertz CT molecular complexity index is 580. The molecule has 0 saturated carbocycles. The Labute approximate surface area is 155 Å². The van der Waals surface area contributed by atoms with Gasteiger partial charge in [0.15, 0.2) is 0 Å². The van der Waals surface area contributed by atoms with E-state index >= 15 is 0 Å². The van der Waals surface area contributed by atoms with E-state index in [1.807, 2.05) is 12.1 Å². The van der Waals surface area contributed by atoms with Gasteiger partial charge in [0, 0.05) is 17.7 Å². The molecule has 1 heterocycles. The Balaban J connectivity index is 0.00000288. The quantitative estimate of drug-likeness (QED) is 0.484. The van der Waals surface area contributed by atoms with Crippen LogP contribution in [-0.2, 0) is 16.1 Å². The van der Waals surface area contributed by atoms with Crippen LogP contribution in [0.5, 0.6) is 0 Å². The standard InChI is InChI=1S/C19H27N2O2.BrH/c1-5-21(6-2,7-3)15(4)17-10-8-16(9-11-17)14-20-18(22)12-13-19(20)23;/h8-13,15H,5-7,14H2,1-4H3;1H/q+1;/p-1. The van der Waals surface area contributed by atoms with E-state index in [1.165, 1.54) is 22.6 Å². The third kappa shape index (κ3) is 3.95. The zero-order chi connectivity index (χ0) is 17.0. The zero-order valence-corrected chi connectivity index (χ0v) is 16.5. The fraction of sp³-hybridized carbons (Fsp3) is 0.474. The second-order valence-electron chi connectivity index (χ2n) is 6.18. The first-order valence-corrected chi connectivity index (χ1v) is 8.45. The second-order valence-corrected chi connectivity index (χ2v) is 6.18. The molecule has 4 nitrogen and oxygen atoms in total. The summed E-state index contributed by atoms with van der Waals surface area (Å²) in [4.78, 5) is 24.5. The van der Waals surface area contributed by atoms with Gasteiger partial charge in [-0.25, -0.2) is 0 Å². The van der Waals surface area contributed by atoms with Crippen LogP contribution in [0.25, 0.3) is 0 Å². The molecule has 1 aromatic rings. The predicted octanol–water partition coefficient (Wildman–Crippen LogP) is 0.0531. The van der Waals surface area contributed by atoms with Gasteiger partial charge >= 0.3 is 0 Å². The summed E-state index contributed by atoms with van der Waals surface area (Å²) in [6.45, 7) is 12.7. The van der Waals surface area contributed by atoms with Gasteiger partial charge in [0.05, 0.1) is 26.2 Å². The Morgan fingerprint density at radius 3 is 1.79 bits per heavy atom. The number of carbonyl (C=O) groups excluding carboxylic acids is 2. The fourth-order valence-electron chi connectivity index (χ4n) is 3.48. The van der Waals surface area contributed by atoms with Crippen LogP contribution >= 0.6 is 0 Å². The van der Waals surface area contributed by atoms with Crippen LogP contribution in [0.3, 0.4) is 0 Å². The molecule has 2 rings (SSSR count). The molecule has 0 spiro atoms. The molecule has 132 valence electrons. The Morgan fingerprint density at radius 1 is 0.917 bits per heavy atom. The number of imide groups is 1. The number of benzene rings is 1. The summed E-state index contributed by atoms with van der Waals surface area (Å²) in [5.41, 5.74) is 2.28. The average Bonchev–Trinajstić information content (AvgIpc) is 2.89. The van der Waals surface area contributed by atoms with Crippen molar-refractivity contribution in [2.24, 2.45) is 0 Å². The summed E-state index contributed by atoms with van der Waals surface area (Å²) in [6, 6.07) is 8.75. The van der Waals surface area contributed by atoms with E-state index in [0.717, 1.165) is 29.7 Å². The molecule has 1 aliphatic rings. The molecular weight excluding hydrogens is 368 g/mol. The first kappa shape index (κ1) is 20.6. The van der Waals surface area contributed by atoms with E-state index in [0.29, 0.717) is 12.6 Å². The van der Waals surface area contributed by atoms with E-state index in [-0.39, 0.29) is 28.8 Å². The third-order valence-corrected chi connectivity index (χ3v) is 5.41. The number of nitrogens with zero attached hydrogens (tertiary/aromatic N) is 2. The maximum absolute atomic E-state index is 11.6. The van der Waals surface area contributed by atoms with Crippen molar-refractivity contribution >= 4 is 11.8 Å². The lowest BCUT2D eigenvalue weighted by atomic mass is 10.0. The van der Waals surface area contributed by atoms with E-state index in [1.54, 1.807) is 0 Å². The molecule has 1 aromatic carbocycles. The molecule has 2 amide bonds. The third-order valence-electron chi connectivity index (χ3n) is 5.41. The summed E-state index contributed by atoms with van der Waals surface area (Å²) in [6.07, 6.45) is 2.66. The molecule has 0 saturated heterocycles. The zero-order valence-electron chi connectivity index (χ0n) is 15.0. The number of hydrogen-bond donors (Lipinski definition) is 0. The molecule has 0 fully saturated rings. The lowest BCUT2D eigenvalue weighted by molar-refractivity contribution is -0.950. The first-order chi connectivity index (χ1) is 11.0. The van der Waals surface area contributed by atoms with Crippen molar-refractivity contribution in [2.75, 3.05) is 19.6 Å². The maximum atomic E-state index is 11.6. The van der Waals surface area contributed by atoms with Gasteiger partial charge < -0.3 is 21.5 Å². The summed E-state index contributed by atoms with van der Waals surface area (Å²) >= 11 is 0. The molecule has 0 aromatic heterocycles. The number of halogens is 1. The topological polar surface area (TPSA) is 37.4 Å². The molecule has 24 heavy (non-hydrogen) atoms. The number of hydrogen-bond acceptors (Lipinski definition) is 2. The molecule has 0 radical (unpaired) electrons. The van der Waals surface area contributed by atoms with Gasteiger partial charge in [-0.15, -0.1) is 0 Å². The molecule has 1 aliphatic heterocycles. The molecule has 5 heteroatoms. The Morgan fingerprint density at radius 2 is 1.38 bits per heavy atom. The smallest absolute Gasteiger partial charge is 0.253 e. The monoisotopic (exact) mass is 394 g/mol. The van der Waals surface area contributed by atoms with Crippen LogP contribution in [0.1, 0.15) is 44.9 Å². The highest BCUT2D eigenvalue weighted by molar-refractivity contribution is 6.12. The Kier molecular flexibility index (Phi) is 7.36. The lowest BCUT2D eigenvalue weighted by Gasteiger charge is -2.41. The normalized spacial score (nSPS) is 15.6. The second kappa shape index (κ2) is 8.58. The number of amides is 2. The number of rotatable bonds is 7. The molecule has 0 aliphatic carbocycles. The highest BCUT2D eigenvalue weighted by Crippen LogP contribution is 2.28. The Hall–Kier alpha value is -1.46. The minimum absolute atomic E-state index is 0. The summed E-state index contributed by atoms with van der Waals surface area (Å²) in [5, 5.41) is 0. The summed E-state index contributed by atoms with van der Waals surface area (Å²) in [7, 11) is 0. The van der Waals surface area contributed by atoms with Crippen molar-refractivity contribution in [2.45, 2.75) is 40.3 Å². The predicted molar refractivity (Wildman–Crippen MR) is 91.4 cm³/mol. The summed E-state index contributed by atoms with van der Waals surface area (Å²) in [5.74, 6) is -0.461. The lowest BCUT2D eigenvalue weighted by Crippen LogP contribution is -3.00. The van der Waals surface area contributed by atoms with Crippen LogP contribution in [0, 0.1) is 0 Å². The molecule has 0 bridgehead atoms. The van der Waals surface area contributed by atoms with Gasteiger partial charge in [-0.2, -0.15) is 0 Å². The van der Waals surface area contributed by atoms with Crippen LogP contribution in [0.2, 0.25) is 0 Å². The van der Waals surface area contributed by atoms with E-state index < -0.39 is 0 Å². The van der Waals surface area contributed by atoms with E-state index in [4.69, 9.17) is 0 Å².